The van der Waals surface area contributed by atoms with Crippen LogP contribution in [0, 0.1) is 0 Å². The number of halogens is 4. The molecule has 0 radical (unpaired) electrons. The molecule has 2 amide bonds. The first-order valence-electron chi connectivity index (χ1n) is 11.0. The number of pyridine rings is 2. The van der Waals surface area contributed by atoms with Crippen LogP contribution in [0.3, 0.4) is 0 Å². The number of carbonyl (C=O) groups is 2. The van der Waals surface area contributed by atoms with Gasteiger partial charge in [-0.2, -0.15) is 18.2 Å². The molecule has 5 rings (SSSR count). The van der Waals surface area contributed by atoms with Gasteiger partial charge in [0.05, 0.1) is 23.8 Å². The number of nitrogens with zero attached hydrogens (tertiary/aromatic N) is 6. The van der Waals surface area contributed by atoms with Gasteiger partial charge in [-0.25, -0.2) is 8.91 Å². The molecule has 5 heterocycles. The lowest BCUT2D eigenvalue weighted by Crippen LogP contribution is -2.56. The number of hydrogen-bond acceptors (Lipinski definition) is 7. The second-order valence-corrected chi connectivity index (χ2v) is 9.02. The molecule has 0 saturated carbocycles. The lowest BCUT2D eigenvalue weighted by Gasteiger charge is -2.34. The average molecular weight is 507 g/mol. The highest BCUT2D eigenvalue weighted by Crippen LogP contribution is 2.34. The summed E-state index contributed by atoms with van der Waals surface area (Å²) in [5.41, 5.74) is 4.47. The van der Waals surface area contributed by atoms with Crippen LogP contribution < -0.4 is 5.73 Å². The van der Waals surface area contributed by atoms with E-state index in [9.17, 15) is 32.3 Å². The quantitative estimate of drug-likeness (QED) is 0.510. The summed E-state index contributed by atoms with van der Waals surface area (Å²) in [5.74, 6) is -2.09. The van der Waals surface area contributed by atoms with E-state index in [0.29, 0.717) is 40.7 Å². The Morgan fingerprint density at radius 2 is 1.97 bits per heavy atom. The van der Waals surface area contributed by atoms with Gasteiger partial charge in [0.25, 0.3) is 11.8 Å². The van der Waals surface area contributed by atoms with Crippen molar-refractivity contribution in [1.82, 2.24) is 29.4 Å². The molecule has 36 heavy (non-hydrogen) atoms. The molecule has 0 unspecified atom stereocenters. The highest BCUT2D eigenvalue weighted by atomic mass is 19.4. The molecule has 14 heteroatoms. The van der Waals surface area contributed by atoms with Gasteiger partial charge in [0, 0.05) is 37.5 Å². The highest BCUT2D eigenvalue weighted by molar-refractivity contribution is 5.98. The predicted molar refractivity (Wildman–Crippen MR) is 117 cm³/mol. The first-order valence-corrected chi connectivity index (χ1v) is 11.0. The topological polar surface area (TPSA) is 130 Å². The Hall–Kier alpha value is -3.81. The number of nitrogen functional groups attached to an aromatic ring is 1. The van der Waals surface area contributed by atoms with E-state index >= 15 is 0 Å². The molecule has 3 aromatic heterocycles. The Bertz CT molecular complexity index is 1370. The Kier molecular flexibility index (Phi) is 5.39. The summed E-state index contributed by atoms with van der Waals surface area (Å²) in [4.78, 5) is 36.0. The lowest BCUT2D eigenvalue weighted by atomic mass is 9.98. The normalized spacial score (nSPS) is 22.1. The Balaban J connectivity index is 1.39. The van der Waals surface area contributed by atoms with E-state index in [1.54, 1.807) is 30.6 Å². The van der Waals surface area contributed by atoms with E-state index in [1.165, 1.54) is 9.42 Å². The molecule has 3 N–H and O–H groups in total. The molecule has 2 aliphatic heterocycles. The molecule has 0 spiro atoms. The van der Waals surface area contributed by atoms with Gasteiger partial charge < -0.3 is 20.6 Å². The smallest absolute Gasteiger partial charge is 0.373 e. The fourth-order valence-corrected chi connectivity index (χ4v) is 4.55. The maximum absolute atomic E-state index is 14.9. The molecule has 0 aromatic carbocycles. The van der Waals surface area contributed by atoms with Crippen molar-refractivity contribution < 1.29 is 32.3 Å². The second-order valence-electron chi connectivity index (χ2n) is 9.02. The molecule has 1 saturated heterocycles. The third-order valence-electron chi connectivity index (χ3n) is 6.61. The summed E-state index contributed by atoms with van der Waals surface area (Å²) >= 11 is 0. The van der Waals surface area contributed by atoms with Crippen LogP contribution in [0.25, 0.3) is 16.8 Å². The van der Waals surface area contributed by atoms with Crippen molar-refractivity contribution in [3.63, 3.8) is 0 Å². The molecule has 3 atom stereocenters. The van der Waals surface area contributed by atoms with Crippen molar-refractivity contribution in [2.75, 3.05) is 25.4 Å². The van der Waals surface area contributed by atoms with Crippen molar-refractivity contribution >= 4 is 23.4 Å². The van der Waals surface area contributed by atoms with E-state index in [1.807, 2.05) is 0 Å². The second kappa shape index (κ2) is 8.11. The van der Waals surface area contributed by atoms with Gasteiger partial charge in [-0.05, 0) is 30.7 Å². The maximum atomic E-state index is 14.9. The monoisotopic (exact) mass is 507 g/mol. The molecule has 190 valence electrons. The van der Waals surface area contributed by atoms with Crippen molar-refractivity contribution in [1.29, 1.82) is 0 Å². The number of amides is 2. The number of hydrogen-bond donors (Lipinski definition) is 2. The number of carbonyl (C=O) groups excluding carboxylic acids is 2. The minimum absolute atomic E-state index is 0.0892. The summed E-state index contributed by atoms with van der Waals surface area (Å²) in [5, 5.41) is 13.7. The fourth-order valence-electron chi connectivity index (χ4n) is 4.55. The minimum Gasteiger partial charge on any atom is -0.373 e. The zero-order valence-electron chi connectivity index (χ0n) is 18.9. The van der Waals surface area contributed by atoms with Crippen LogP contribution in [0.4, 0.5) is 23.5 Å². The number of fused-ring (bicyclic) bond motifs is 2. The van der Waals surface area contributed by atoms with E-state index < -0.39 is 48.9 Å². The number of aliphatic hydroxyl groups is 1. The third kappa shape index (κ3) is 3.81. The van der Waals surface area contributed by atoms with Gasteiger partial charge in [-0.3, -0.25) is 14.6 Å². The van der Waals surface area contributed by atoms with Crippen LogP contribution in [-0.2, 0) is 11.2 Å². The van der Waals surface area contributed by atoms with Gasteiger partial charge in [0.2, 0.25) is 11.5 Å². The van der Waals surface area contributed by atoms with Gasteiger partial charge in [0.1, 0.15) is 6.17 Å². The molecule has 0 bridgehead atoms. The molecular weight excluding hydrogens is 486 g/mol. The first-order chi connectivity index (χ1) is 16.9. The molecular formula is C22H21F4N7O3. The average Bonchev–Trinajstić information content (AvgIpc) is 3.38. The number of aromatic nitrogens is 4. The number of anilines is 1. The SMILES string of the molecule is C[C@@](O)(C(=O)N1C[C@@H](N2CCc3ncc(-c4ccn5nc(N)nc5c4)cc3C2=O)[C@@H](F)C1)C(F)(F)F. The maximum Gasteiger partial charge on any atom is 0.426 e. The molecule has 1 fully saturated rings. The minimum atomic E-state index is -5.23. The Labute approximate surface area is 201 Å². The number of alkyl halides is 4. The summed E-state index contributed by atoms with van der Waals surface area (Å²) in [6, 6.07) is 3.91. The number of nitrogens with two attached hydrogens (primary N) is 1. The third-order valence-corrected chi connectivity index (χ3v) is 6.61. The van der Waals surface area contributed by atoms with E-state index in [0.717, 1.165) is 0 Å². The number of rotatable bonds is 3. The van der Waals surface area contributed by atoms with Crippen LogP contribution in [0.15, 0.2) is 30.6 Å². The predicted octanol–water partition coefficient (Wildman–Crippen LogP) is 1.23. The molecule has 10 nitrogen and oxygen atoms in total. The Morgan fingerprint density at radius 1 is 1.22 bits per heavy atom. The highest BCUT2D eigenvalue weighted by Gasteiger charge is 2.58. The first kappa shape index (κ1) is 23.9. The standard InChI is InChI=1S/C22H21F4N7O3/c1-21(36,22(24,25)26)19(35)31-9-14(23)16(10-31)32-4-3-15-13(18(32)34)6-12(8-28-15)11-2-5-33-17(7-11)29-20(27)30-33/h2,5-8,14,16,36H,3-4,9-10H2,1H3,(H2,27,30)/t14-,16+,21+/m0/s1. The fraction of sp³-hybridized carbons (Fsp3) is 0.409. The van der Waals surface area contributed by atoms with E-state index in [2.05, 4.69) is 15.1 Å². The van der Waals surface area contributed by atoms with Gasteiger partial charge >= 0.3 is 6.18 Å². The van der Waals surface area contributed by atoms with Crippen molar-refractivity contribution in [2.45, 2.75) is 37.3 Å². The van der Waals surface area contributed by atoms with E-state index in [4.69, 9.17) is 5.73 Å². The van der Waals surface area contributed by atoms with Gasteiger partial charge in [0.15, 0.2) is 5.65 Å². The summed E-state index contributed by atoms with van der Waals surface area (Å²) in [6.45, 7) is -0.708. The van der Waals surface area contributed by atoms with Crippen LogP contribution >= 0.6 is 0 Å². The molecule has 2 aliphatic rings. The zero-order chi connectivity index (χ0) is 26.0. The van der Waals surface area contributed by atoms with Crippen LogP contribution in [0.1, 0.15) is 23.0 Å². The lowest BCUT2D eigenvalue weighted by molar-refractivity contribution is -0.249. The largest absolute Gasteiger partial charge is 0.426 e. The zero-order valence-corrected chi connectivity index (χ0v) is 18.9. The van der Waals surface area contributed by atoms with Crippen molar-refractivity contribution in [3.05, 3.63) is 41.9 Å². The molecule has 0 aliphatic carbocycles. The van der Waals surface area contributed by atoms with Crippen LogP contribution in [0.5, 0.6) is 0 Å². The van der Waals surface area contributed by atoms with E-state index in [-0.39, 0.29) is 18.1 Å². The van der Waals surface area contributed by atoms with Gasteiger partial charge in [-0.15, -0.1) is 5.10 Å². The van der Waals surface area contributed by atoms with Crippen LogP contribution in [-0.4, -0.2) is 89.9 Å². The van der Waals surface area contributed by atoms with Crippen molar-refractivity contribution in [3.8, 4) is 11.1 Å². The van der Waals surface area contributed by atoms with Crippen molar-refractivity contribution in [2.24, 2.45) is 0 Å². The summed E-state index contributed by atoms with van der Waals surface area (Å²) in [7, 11) is 0. The summed E-state index contributed by atoms with van der Waals surface area (Å²) < 4.78 is 55.7. The molecule has 3 aromatic rings. The Morgan fingerprint density at radius 3 is 2.69 bits per heavy atom. The van der Waals surface area contributed by atoms with Gasteiger partial charge in [-0.1, -0.05) is 0 Å². The van der Waals surface area contributed by atoms with Crippen LogP contribution in [0.2, 0.25) is 0 Å². The number of likely N-dealkylation sites (tertiary alicyclic amines) is 1. The summed E-state index contributed by atoms with van der Waals surface area (Å²) in [6.07, 6.45) is -3.45.